The van der Waals surface area contributed by atoms with Crippen LogP contribution in [-0.2, 0) is 0 Å². The standard InChI is InChI=1S/C15H29/c1-4-7-10-13-15(12-9-6-3)14-11-8-5-2/h9,12,15H,3-8,10-11,13-14H2,1-2H3/b12-9+. The van der Waals surface area contributed by atoms with Crippen molar-refractivity contribution in [1.29, 1.82) is 0 Å². The molecule has 0 atom stereocenters. The maximum Gasteiger partial charge on any atom is -0.0234 e. The highest BCUT2D eigenvalue weighted by atomic mass is 14.1. The van der Waals surface area contributed by atoms with Gasteiger partial charge in [0, 0.05) is 0 Å². The van der Waals surface area contributed by atoms with E-state index in [1.165, 1.54) is 51.4 Å². The van der Waals surface area contributed by atoms with Gasteiger partial charge in [0.05, 0.1) is 0 Å². The Balaban J connectivity index is 3.68. The van der Waals surface area contributed by atoms with Gasteiger partial charge in [0.2, 0.25) is 0 Å². The molecule has 0 heteroatoms. The van der Waals surface area contributed by atoms with Crippen LogP contribution in [0.3, 0.4) is 0 Å². The van der Waals surface area contributed by atoms with E-state index in [2.05, 4.69) is 32.9 Å². The van der Waals surface area contributed by atoms with Crippen molar-refractivity contribution in [3.05, 3.63) is 19.1 Å². The molecular weight excluding hydrogens is 180 g/mol. The van der Waals surface area contributed by atoms with E-state index < -0.39 is 0 Å². The third-order valence-corrected chi connectivity index (χ3v) is 2.93. The van der Waals surface area contributed by atoms with E-state index in [9.17, 15) is 0 Å². The molecule has 0 rings (SSSR count). The molecule has 0 amide bonds. The van der Waals surface area contributed by atoms with Gasteiger partial charge in [-0.3, -0.25) is 0 Å². The largest absolute Gasteiger partial charge is 0.0883 e. The van der Waals surface area contributed by atoms with Gasteiger partial charge in [-0.1, -0.05) is 64.5 Å². The van der Waals surface area contributed by atoms with Crippen LogP contribution < -0.4 is 0 Å². The maximum absolute atomic E-state index is 3.86. The zero-order valence-electron chi connectivity index (χ0n) is 10.8. The highest BCUT2D eigenvalue weighted by Gasteiger charge is 2.03. The van der Waals surface area contributed by atoms with Gasteiger partial charge in [-0.2, -0.15) is 0 Å². The topological polar surface area (TPSA) is 0 Å². The Labute approximate surface area is 97.2 Å². The Morgan fingerprint density at radius 1 is 0.933 bits per heavy atom. The third kappa shape index (κ3) is 10.0. The van der Waals surface area contributed by atoms with E-state index in [1.807, 2.05) is 0 Å². The van der Waals surface area contributed by atoms with E-state index >= 15 is 0 Å². The fourth-order valence-corrected chi connectivity index (χ4v) is 1.94. The van der Waals surface area contributed by atoms with E-state index in [1.54, 1.807) is 0 Å². The second-order valence-corrected chi connectivity index (χ2v) is 4.47. The van der Waals surface area contributed by atoms with Gasteiger partial charge in [0.1, 0.15) is 0 Å². The molecule has 0 aliphatic rings. The minimum Gasteiger partial charge on any atom is -0.0883 e. The molecule has 0 saturated heterocycles. The molecule has 0 nitrogen and oxygen atoms in total. The smallest absolute Gasteiger partial charge is 0.0234 e. The molecule has 0 fully saturated rings. The first-order valence-corrected chi connectivity index (χ1v) is 6.81. The molecule has 0 saturated carbocycles. The highest BCUT2D eigenvalue weighted by molar-refractivity contribution is 4.88. The lowest BCUT2D eigenvalue weighted by Gasteiger charge is -2.12. The van der Waals surface area contributed by atoms with Crippen LogP contribution in [-0.4, -0.2) is 0 Å². The van der Waals surface area contributed by atoms with Gasteiger partial charge in [0.25, 0.3) is 0 Å². The first kappa shape index (κ1) is 14.7. The van der Waals surface area contributed by atoms with Crippen molar-refractivity contribution in [3.63, 3.8) is 0 Å². The molecule has 1 radical (unpaired) electrons. The highest BCUT2D eigenvalue weighted by Crippen LogP contribution is 2.19. The number of hydrogen-bond acceptors (Lipinski definition) is 0. The lowest BCUT2D eigenvalue weighted by Crippen LogP contribution is -1.97. The molecule has 89 valence electrons. The Morgan fingerprint density at radius 2 is 1.47 bits per heavy atom. The molecule has 0 heterocycles. The van der Waals surface area contributed by atoms with Crippen molar-refractivity contribution in [1.82, 2.24) is 0 Å². The van der Waals surface area contributed by atoms with Gasteiger partial charge in [0.15, 0.2) is 0 Å². The molecule has 0 aromatic heterocycles. The van der Waals surface area contributed by atoms with Crippen LogP contribution >= 0.6 is 0 Å². The van der Waals surface area contributed by atoms with Gasteiger partial charge in [-0.25, -0.2) is 0 Å². The minimum absolute atomic E-state index is 0.824. The number of hydrogen-bond donors (Lipinski definition) is 0. The monoisotopic (exact) mass is 209 g/mol. The Bertz CT molecular complexity index is 125. The second-order valence-electron chi connectivity index (χ2n) is 4.47. The van der Waals surface area contributed by atoms with Gasteiger partial charge in [-0.15, -0.1) is 0 Å². The molecule has 0 aromatic rings. The van der Waals surface area contributed by atoms with Crippen molar-refractivity contribution in [2.45, 2.75) is 71.6 Å². The van der Waals surface area contributed by atoms with Crippen molar-refractivity contribution >= 4 is 0 Å². The maximum atomic E-state index is 3.86. The van der Waals surface area contributed by atoms with Crippen molar-refractivity contribution in [2.75, 3.05) is 0 Å². The molecule has 15 heavy (non-hydrogen) atoms. The average Bonchev–Trinajstić information content (AvgIpc) is 2.25. The Hall–Kier alpha value is -0.260. The van der Waals surface area contributed by atoms with Crippen molar-refractivity contribution < 1.29 is 0 Å². The van der Waals surface area contributed by atoms with Gasteiger partial charge in [-0.05, 0) is 32.1 Å². The molecule has 0 aliphatic heterocycles. The Kier molecular flexibility index (Phi) is 11.6. The van der Waals surface area contributed by atoms with E-state index in [0.717, 1.165) is 12.3 Å². The molecule has 0 bridgehead atoms. The van der Waals surface area contributed by atoms with Crippen LogP contribution in [0.2, 0.25) is 0 Å². The van der Waals surface area contributed by atoms with Crippen LogP contribution in [0, 0.1) is 12.8 Å². The van der Waals surface area contributed by atoms with E-state index in [0.29, 0.717) is 0 Å². The summed E-state index contributed by atoms with van der Waals surface area (Å²) < 4.78 is 0. The summed E-state index contributed by atoms with van der Waals surface area (Å²) in [5, 5.41) is 0. The Morgan fingerprint density at radius 3 is 1.87 bits per heavy atom. The molecule has 0 N–H and O–H groups in total. The molecule has 0 unspecified atom stereocenters. The lowest BCUT2D eigenvalue weighted by molar-refractivity contribution is 0.481. The zero-order chi connectivity index (χ0) is 11.4. The SMILES string of the molecule is [CH2]C/C=C/C(CCCCC)CCCCC. The van der Waals surface area contributed by atoms with Gasteiger partial charge < -0.3 is 0 Å². The molecular formula is C15H29. The van der Waals surface area contributed by atoms with Crippen molar-refractivity contribution in [3.8, 4) is 0 Å². The fourth-order valence-electron chi connectivity index (χ4n) is 1.94. The zero-order valence-corrected chi connectivity index (χ0v) is 10.8. The minimum atomic E-state index is 0.824. The van der Waals surface area contributed by atoms with Crippen LogP contribution in [0.25, 0.3) is 0 Å². The molecule has 0 aliphatic carbocycles. The second kappa shape index (κ2) is 11.8. The van der Waals surface area contributed by atoms with Crippen LogP contribution in [0.15, 0.2) is 12.2 Å². The molecule has 0 spiro atoms. The average molecular weight is 209 g/mol. The van der Waals surface area contributed by atoms with E-state index in [-0.39, 0.29) is 0 Å². The summed E-state index contributed by atoms with van der Waals surface area (Å²) in [5.41, 5.74) is 0. The molecule has 0 aromatic carbocycles. The number of rotatable bonds is 10. The predicted molar refractivity (Wildman–Crippen MR) is 70.9 cm³/mol. The third-order valence-electron chi connectivity index (χ3n) is 2.93. The van der Waals surface area contributed by atoms with Crippen molar-refractivity contribution in [2.24, 2.45) is 5.92 Å². The van der Waals surface area contributed by atoms with Crippen LogP contribution in [0.5, 0.6) is 0 Å². The number of unbranched alkanes of at least 4 members (excludes halogenated alkanes) is 4. The summed E-state index contributed by atoms with van der Waals surface area (Å²) in [6, 6.07) is 0. The summed E-state index contributed by atoms with van der Waals surface area (Å²) in [7, 11) is 0. The first-order chi connectivity index (χ1) is 7.35. The summed E-state index contributed by atoms with van der Waals surface area (Å²) in [6.07, 6.45) is 16.6. The van der Waals surface area contributed by atoms with Crippen LogP contribution in [0.1, 0.15) is 71.6 Å². The first-order valence-electron chi connectivity index (χ1n) is 6.81. The quantitative estimate of drug-likeness (QED) is 0.327. The summed E-state index contributed by atoms with van der Waals surface area (Å²) in [6.45, 7) is 8.42. The number of allylic oxidation sites excluding steroid dienone is 2. The summed E-state index contributed by atoms with van der Waals surface area (Å²) in [4.78, 5) is 0. The van der Waals surface area contributed by atoms with Crippen LogP contribution in [0.4, 0.5) is 0 Å². The lowest BCUT2D eigenvalue weighted by atomic mass is 9.94. The van der Waals surface area contributed by atoms with E-state index in [4.69, 9.17) is 0 Å². The summed E-state index contributed by atoms with van der Waals surface area (Å²) in [5.74, 6) is 0.824. The predicted octanol–water partition coefficient (Wildman–Crippen LogP) is 5.54. The summed E-state index contributed by atoms with van der Waals surface area (Å²) >= 11 is 0. The fraction of sp³-hybridized carbons (Fsp3) is 0.800. The van der Waals surface area contributed by atoms with Gasteiger partial charge >= 0.3 is 0 Å². The normalized spacial score (nSPS) is 11.7.